The van der Waals surface area contributed by atoms with Crippen LogP contribution >= 0.6 is 0 Å². The molecule has 3 nitrogen and oxygen atoms in total. The van der Waals surface area contributed by atoms with E-state index in [2.05, 4.69) is 5.32 Å². The van der Waals surface area contributed by atoms with Gasteiger partial charge >= 0.3 is 0 Å². The molecule has 1 aliphatic carbocycles. The van der Waals surface area contributed by atoms with Gasteiger partial charge in [-0.2, -0.15) is 0 Å². The highest BCUT2D eigenvalue weighted by atomic mass is 16.3. The van der Waals surface area contributed by atoms with E-state index in [-0.39, 0.29) is 5.54 Å². The minimum Gasteiger partial charge on any atom is -0.507 e. The highest BCUT2D eigenvalue weighted by molar-refractivity contribution is 5.58. The molecule has 1 aromatic carbocycles. The van der Waals surface area contributed by atoms with Crippen LogP contribution in [0.25, 0.3) is 0 Å². The Morgan fingerprint density at radius 1 is 0.900 bits per heavy atom. The first kappa shape index (κ1) is 13.7. The summed E-state index contributed by atoms with van der Waals surface area (Å²) < 4.78 is 0. The van der Waals surface area contributed by atoms with E-state index < -0.39 is 0 Å². The van der Waals surface area contributed by atoms with Crippen molar-refractivity contribution in [2.75, 3.05) is 6.54 Å². The molecule has 1 aromatic rings. The first-order valence-corrected chi connectivity index (χ1v) is 7.82. The molecule has 0 amide bonds. The Balaban J connectivity index is 2.08. The fraction of sp³-hybridized carbons (Fsp3) is 0.647. The fourth-order valence-electron chi connectivity index (χ4n) is 3.99. The zero-order chi connectivity index (χ0) is 14.3. The molecular weight excluding hydrogens is 250 g/mol. The van der Waals surface area contributed by atoms with Gasteiger partial charge in [-0.25, -0.2) is 0 Å². The van der Waals surface area contributed by atoms with E-state index in [1.54, 1.807) is 0 Å². The van der Waals surface area contributed by atoms with Crippen LogP contribution in [0, 0.1) is 13.8 Å². The van der Waals surface area contributed by atoms with Crippen molar-refractivity contribution in [1.82, 2.24) is 5.32 Å². The second-order valence-corrected chi connectivity index (χ2v) is 6.60. The van der Waals surface area contributed by atoms with Gasteiger partial charge in [0.05, 0.1) is 0 Å². The predicted octanol–water partition coefficient (Wildman–Crippen LogP) is 3.11. The maximum atomic E-state index is 10.5. The van der Waals surface area contributed by atoms with Gasteiger partial charge in [0.1, 0.15) is 11.5 Å². The van der Waals surface area contributed by atoms with Crippen molar-refractivity contribution in [1.29, 1.82) is 0 Å². The zero-order valence-corrected chi connectivity index (χ0v) is 12.6. The zero-order valence-electron chi connectivity index (χ0n) is 12.6. The van der Waals surface area contributed by atoms with Crippen molar-refractivity contribution in [2.24, 2.45) is 0 Å². The van der Waals surface area contributed by atoms with Crippen molar-refractivity contribution in [3.05, 3.63) is 22.3 Å². The van der Waals surface area contributed by atoms with Crippen LogP contribution in [0.15, 0.2) is 0 Å². The van der Waals surface area contributed by atoms with Crippen LogP contribution < -0.4 is 5.32 Å². The lowest BCUT2D eigenvalue weighted by Gasteiger charge is -2.38. The third kappa shape index (κ3) is 2.08. The Kier molecular flexibility index (Phi) is 3.41. The summed E-state index contributed by atoms with van der Waals surface area (Å²) in [5.74, 6) is 0.800. The maximum Gasteiger partial charge on any atom is 0.122 e. The molecule has 3 heteroatoms. The standard InChI is InChI=1S/C17H25NO2/c1-11-12(2)16(20)14-10-17(7-4-3-5-8-17)18-9-6-13(14)15(11)19/h18-20H,3-10H2,1-2H3. The van der Waals surface area contributed by atoms with Crippen LogP contribution in [-0.2, 0) is 12.8 Å². The summed E-state index contributed by atoms with van der Waals surface area (Å²) in [6.07, 6.45) is 7.86. The minimum atomic E-state index is 0.134. The van der Waals surface area contributed by atoms with Gasteiger partial charge in [-0.3, -0.25) is 0 Å². The van der Waals surface area contributed by atoms with Crippen LogP contribution in [0.1, 0.15) is 54.4 Å². The molecule has 0 radical (unpaired) electrons. The quantitative estimate of drug-likeness (QED) is 0.638. The lowest BCUT2D eigenvalue weighted by molar-refractivity contribution is 0.234. The van der Waals surface area contributed by atoms with E-state index in [1.165, 1.54) is 32.1 Å². The monoisotopic (exact) mass is 275 g/mol. The number of nitrogens with one attached hydrogen (secondary N) is 1. The normalized spacial score (nSPS) is 21.5. The molecule has 1 saturated carbocycles. The molecule has 0 bridgehead atoms. The molecule has 2 aliphatic rings. The van der Waals surface area contributed by atoms with Crippen molar-refractivity contribution in [2.45, 2.75) is 64.3 Å². The van der Waals surface area contributed by atoms with E-state index in [9.17, 15) is 10.2 Å². The highest BCUT2D eigenvalue weighted by Crippen LogP contribution is 2.42. The van der Waals surface area contributed by atoms with Gasteiger partial charge in [-0.15, -0.1) is 0 Å². The Morgan fingerprint density at radius 2 is 1.50 bits per heavy atom. The number of phenolic OH excluding ortho intramolecular Hbond substituents is 2. The van der Waals surface area contributed by atoms with Gasteiger partial charge in [-0.1, -0.05) is 19.3 Å². The number of aromatic hydroxyl groups is 2. The number of hydrogen-bond acceptors (Lipinski definition) is 3. The van der Waals surface area contributed by atoms with Crippen LogP contribution in [-0.4, -0.2) is 22.3 Å². The summed E-state index contributed by atoms with van der Waals surface area (Å²) in [6, 6.07) is 0. The topological polar surface area (TPSA) is 52.5 Å². The molecule has 1 spiro atoms. The molecule has 110 valence electrons. The van der Waals surface area contributed by atoms with Crippen LogP contribution in [0.3, 0.4) is 0 Å². The van der Waals surface area contributed by atoms with E-state index in [1.807, 2.05) is 13.8 Å². The van der Waals surface area contributed by atoms with Gasteiger partial charge in [0, 0.05) is 16.7 Å². The molecule has 0 unspecified atom stereocenters. The summed E-state index contributed by atoms with van der Waals surface area (Å²) in [5.41, 5.74) is 3.72. The highest BCUT2D eigenvalue weighted by Gasteiger charge is 2.36. The minimum absolute atomic E-state index is 0.134. The molecule has 3 N–H and O–H groups in total. The third-order valence-electron chi connectivity index (χ3n) is 5.41. The molecular formula is C17H25NO2. The first-order valence-electron chi connectivity index (χ1n) is 7.82. The van der Waals surface area contributed by atoms with Crippen LogP contribution in [0.2, 0.25) is 0 Å². The number of phenols is 2. The van der Waals surface area contributed by atoms with Gasteiger partial charge in [0.2, 0.25) is 0 Å². The summed E-state index contributed by atoms with van der Waals surface area (Å²) in [7, 11) is 0. The Hall–Kier alpha value is -1.22. The van der Waals surface area contributed by atoms with E-state index in [0.29, 0.717) is 11.5 Å². The van der Waals surface area contributed by atoms with Crippen molar-refractivity contribution >= 4 is 0 Å². The Bertz CT molecular complexity index is 531. The van der Waals surface area contributed by atoms with Crippen molar-refractivity contribution in [3.63, 3.8) is 0 Å². The summed E-state index contributed by atoms with van der Waals surface area (Å²) in [6.45, 7) is 4.68. The van der Waals surface area contributed by atoms with E-state index in [4.69, 9.17) is 0 Å². The first-order chi connectivity index (χ1) is 9.54. The van der Waals surface area contributed by atoms with Gasteiger partial charge < -0.3 is 15.5 Å². The van der Waals surface area contributed by atoms with Gasteiger partial charge in [0.25, 0.3) is 0 Å². The van der Waals surface area contributed by atoms with Crippen LogP contribution in [0.4, 0.5) is 0 Å². The SMILES string of the molecule is Cc1c(C)c(O)c2c(c1O)CCNC1(CCCCC1)C2. The molecule has 3 rings (SSSR count). The maximum absolute atomic E-state index is 10.5. The van der Waals surface area contributed by atoms with Gasteiger partial charge in [-0.05, 0) is 57.2 Å². The molecule has 0 aromatic heterocycles. The number of rotatable bonds is 0. The largest absolute Gasteiger partial charge is 0.507 e. The molecule has 20 heavy (non-hydrogen) atoms. The number of benzene rings is 1. The Morgan fingerprint density at radius 3 is 2.15 bits per heavy atom. The van der Waals surface area contributed by atoms with Crippen molar-refractivity contribution < 1.29 is 10.2 Å². The molecule has 0 atom stereocenters. The second kappa shape index (κ2) is 4.96. The molecule has 1 aliphatic heterocycles. The summed E-state index contributed by atoms with van der Waals surface area (Å²) >= 11 is 0. The van der Waals surface area contributed by atoms with Crippen molar-refractivity contribution in [3.8, 4) is 11.5 Å². The van der Waals surface area contributed by atoms with Crippen LogP contribution in [0.5, 0.6) is 11.5 Å². The average Bonchev–Trinajstić information content (AvgIpc) is 2.64. The molecule has 1 heterocycles. The van der Waals surface area contributed by atoms with E-state index in [0.717, 1.165) is 41.6 Å². The Labute approximate surface area is 121 Å². The molecule has 1 fully saturated rings. The second-order valence-electron chi connectivity index (χ2n) is 6.60. The average molecular weight is 275 g/mol. The number of fused-ring (bicyclic) bond motifs is 1. The fourth-order valence-corrected chi connectivity index (χ4v) is 3.99. The molecule has 0 saturated heterocycles. The number of hydrogen-bond donors (Lipinski definition) is 3. The summed E-state index contributed by atoms with van der Waals surface area (Å²) in [4.78, 5) is 0. The third-order valence-corrected chi connectivity index (χ3v) is 5.41. The van der Waals surface area contributed by atoms with Gasteiger partial charge in [0.15, 0.2) is 0 Å². The smallest absolute Gasteiger partial charge is 0.122 e. The summed E-state index contributed by atoms with van der Waals surface area (Å²) in [5, 5.41) is 24.7. The predicted molar refractivity (Wildman–Crippen MR) is 80.5 cm³/mol. The van der Waals surface area contributed by atoms with E-state index >= 15 is 0 Å². The lowest BCUT2D eigenvalue weighted by Crippen LogP contribution is -2.48. The lowest BCUT2D eigenvalue weighted by atomic mass is 9.77.